The standard InChI is InChI=1S/C9H8N2O4S2.ClH/c1-17(14,15)11-8-3-2-6-5(10-8)4-7(16-6)9(12)13;/h2-4H,1H3,(H,10,11)(H,12,13);1H. The Balaban J connectivity index is 0.00000162. The average molecular weight is 309 g/mol. The second kappa shape index (κ2) is 5.09. The van der Waals surface area contributed by atoms with Crippen LogP contribution in [0.4, 0.5) is 5.82 Å². The van der Waals surface area contributed by atoms with Crippen molar-refractivity contribution < 1.29 is 18.3 Å². The van der Waals surface area contributed by atoms with Crippen LogP contribution < -0.4 is 4.72 Å². The van der Waals surface area contributed by atoms with Gasteiger partial charge in [-0.15, -0.1) is 23.7 Å². The van der Waals surface area contributed by atoms with Gasteiger partial charge in [-0.2, -0.15) is 0 Å². The van der Waals surface area contributed by atoms with Crippen molar-refractivity contribution in [2.45, 2.75) is 0 Å². The topological polar surface area (TPSA) is 96.4 Å². The van der Waals surface area contributed by atoms with Crippen LogP contribution in [0.1, 0.15) is 9.67 Å². The third kappa shape index (κ3) is 3.31. The largest absolute Gasteiger partial charge is 0.477 e. The first kappa shape index (κ1) is 14.7. The molecule has 0 spiro atoms. The van der Waals surface area contributed by atoms with Crippen molar-refractivity contribution in [2.75, 3.05) is 11.0 Å². The summed E-state index contributed by atoms with van der Waals surface area (Å²) in [5.74, 6) is -0.847. The molecule has 0 aliphatic carbocycles. The van der Waals surface area contributed by atoms with Gasteiger partial charge < -0.3 is 5.11 Å². The van der Waals surface area contributed by atoms with Gasteiger partial charge in [0.15, 0.2) is 0 Å². The maximum atomic E-state index is 11.0. The number of pyridine rings is 1. The molecule has 0 saturated carbocycles. The normalized spacial score (nSPS) is 10.9. The highest BCUT2D eigenvalue weighted by atomic mass is 35.5. The first-order valence-corrected chi connectivity index (χ1v) is 7.17. The summed E-state index contributed by atoms with van der Waals surface area (Å²) < 4.78 is 24.9. The lowest BCUT2D eigenvalue weighted by Gasteiger charge is -2.01. The van der Waals surface area contributed by atoms with Gasteiger partial charge in [0.2, 0.25) is 10.0 Å². The van der Waals surface area contributed by atoms with E-state index < -0.39 is 16.0 Å². The van der Waals surface area contributed by atoms with Crippen molar-refractivity contribution in [3.63, 3.8) is 0 Å². The smallest absolute Gasteiger partial charge is 0.345 e. The van der Waals surface area contributed by atoms with E-state index in [0.717, 1.165) is 17.6 Å². The quantitative estimate of drug-likeness (QED) is 0.901. The van der Waals surface area contributed by atoms with Crippen molar-refractivity contribution >= 4 is 55.8 Å². The molecule has 2 rings (SSSR count). The lowest BCUT2D eigenvalue weighted by atomic mass is 10.3. The predicted molar refractivity (Wildman–Crippen MR) is 72.3 cm³/mol. The van der Waals surface area contributed by atoms with E-state index in [1.54, 1.807) is 6.07 Å². The molecule has 2 heterocycles. The van der Waals surface area contributed by atoms with Gasteiger partial charge in [-0.25, -0.2) is 18.2 Å². The monoisotopic (exact) mass is 308 g/mol. The molecule has 9 heteroatoms. The molecule has 98 valence electrons. The summed E-state index contributed by atoms with van der Waals surface area (Å²) in [4.78, 5) is 14.9. The number of nitrogens with zero attached hydrogens (tertiary/aromatic N) is 1. The first-order valence-electron chi connectivity index (χ1n) is 4.47. The Labute approximate surface area is 113 Å². The maximum Gasteiger partial charge on any atom is 0.345 e. The third-order valence-corrected chi connectivity index (χ3v) is 3.53. The van der Waals surface area contributed by atoms with Gasteiger partial charge >= 0.3 is 5.97 Å². The number of hydrogen-bond donors (Lipinski definition) is 2. The molecule has 0 aliphatic heterocycles. The first-order chi connectivity index (χ1) is 7.85. The Kier molecular flexibility index (Phi) is 4.15. The Morgan fingerprint density at radius 1 is 1.44 bits per heavy atom. The zero-order valence-corrected chi connectivity index (χ0v) is 11.5. The molecule has 0 fully saturated rings. The number of rotatable bonds is 3. The van der Waals surface area contributed by atoms with Gasteiger partial charge in [0, 0.05) is 0 Å². The minimum Gasteiger partial charge on any atom is -0.477 e. The van der Waals surface area contributed by atoms with Crippen LogP contribution in [-0.4, -0.2) is 30.7 Å². The van der Waals surface area contributed by atoms with Crippen LogP contribution in [-0.2, 0) is 10.0 Å². The molecule has 0 saturated heterocycles. The number of anilines is 1. The molecule has 2 aromatic heterocycles. The highest BCUT2D eigenvalue weighted by Crippen LogP contribution is 2.25. The van der Waals surface area contributed by atoms with E-state index in [4.69, 9.17) is 5.11 Å². The molecule has 0 bridgehead atoms. The summed E-state index contributed by atoms with van der Waals surface area (Å²) in [7, 11) is -3.38. The van der Waals surface area contributed by atoms with Crippen LogP contribution in [0, 0.1) is 0 Å². The third-order valence-electron chi connectivity index (χ3n) is 1.87. The molecular weight excluding hydrogens is 300 g/mol. The highest BCUT2D eigenvalue weighted by Gasteiger charge is 2.10. The molecule has 0 aliphatic rings. The fraction of sp³-hybridized carbons (Fsp3) is 0.111. The van der Waals surface area contributed by atoms with Gasteiger partial charge in [-0.1, -0.05) is 0 Å². The van der Waals surface area contributed by atoms with E-state index in [1.165, 1.54) is 12.1 Å². The van der Waals surface area contributed by atoms with E-state index in [1.807, 2.05) is 0 Å². The molecule has 0 atom stereocenters. The minimum atomic E-state index is -3.38. The van der Waals surface area contributed by atoms with Gasteiger partial charge in [-0.3, -0.25) is 4.72 Å². The summed E-state index contributed by atoms with van der Waals surface area (Å²) in [5.41, 5.74) is 0.459. The number of nitrogens with one attached hydrogen (secondary N) is 1. The molecule has 2 N–H and O–H groups in total. The summed E-state index contributed by atoms with van der Waals surface area (Å²) in [6.45, 7) is 0. The van der Waals surface area contributed by atoms with Crippen LogP contribution in [0.2, 0.25) is 0 Å². The lowest BCUT2D eigenvalue weighted by molar-refractivity contribution is 0.0702. The average Bonchev–Trinajstić information content (AvgIpc) is 2.57. The van der Waals surface area contributed by atoms with Crippen LogP contribution in [0.15, 0.2) is 18.2 Å². The summed E-state index contributed by atoms with van der Waals surface area (Å²) in [5, 5.41) is 8.81. The molecule has 6 nitrogen and oxygen atoms in total. The molecule has 18 heavy (non-hydrogen) atoms. The number of sulfonamides is 1. The molecular formula is C9H9ClN2O4S2. The fourth-order valence-electron chi connectivity index (χ4n) is 1.28. The predicted octanol–water partition coefficient (Wildman–Crippen LogP) is 1.79. The highest BCUT2D eigenvalue weighted by molar-refractivity contribution is 7.92. The van der Waals surface area contributed by atoms with E-state index in [0.29, 0.717) is 10.2 Å². The fourth-order valence-corrected chi connectivity index (χ4v) is 2.61. The summed E-state index contributed by atoms with van der Waals surface area (Å²) in [6, 6.07) is 4.54. The summed E-state index contributed by atoms with van der Waals surface area (Å²) in [6.07, 6.45) is 1.02. The van der Waals surface area contributed by atoms with Crippen molar-refractivity contribution in [2.24, 2.45) is 0 Å². The van der Waals surface area contributed by atoms with Crippen LogP contribution >= 0.6 is 23.7 Å². The number of thiophene rings is 1. The SMILES string of the molecule is CS(=O)(=O)Nc1ccc2sc(C(=O)O)cc2n1.Cl. The van der Waals surface area contributed by atoms with Crippen molar-refractivity contribution in [3.05, 3.63) is 23.1 Å². The number of halogens is 1. The van der Waals surface area contributed by atoms with E-state index >= 15 is 0 Å². The number of aromatic carboxylic acids is 1. The second-order valence-corrected chi connectivity index (χ2v) is 6.20. The molecule has 0 aromatic carbocycles. The summed E-state index contributed by atoms with van der Waals surface area (Å²) >= 11 is 1.09. The van der Waals surface area contributed by atoms with Crippen LogP contribution in [0.3, 0.4) is 0 Å². The Hall–Kier alpha value is -1.38. The molecule has 2 aromatic rings. The number of carboxylic acids is 1. The zero-order valence-electron chi connectivity index (χ0n) is 9.08. The van der Waals surface area contributed by atoms with Crippen LogP contribution in [0.25, 0.3) is 10.2 Å². The molecule has 0 radical (unpaired) electrons. The van der Waals surface area contributed by atoms with Gasteiger partial charge in [0.25, 0.3) is 0 Å². The Bertz CT molecular complexity index is 696. The van der Waals surface area contributed by atoms with Gasteiger partial charge in [0.1, 0.15) is 10.7 Å². The molecule has 0 unspecified atom stereocenters. The lowest BCUT2D eigenvalue weighted by Crippen LogP contribution is -2.10. The second-order valence-electron chi connectivity index (χ2n) is 3.37. The minimum absolute atomic E-state index is 0. The van der Waals surface area contributed by atoms with Crippen LogP contribution in [0.5, 0.6) is 0 Å². The van der Waals surface area contributed by atoms with Crippen molar-refractivity contribution in [1.82, 2.24) is 4.98 Å². The van der Waals surface area contributed by atoms with Crippen molar-refractivity contribution in [1.29, 1.82) is 0 Å². The number of fused-ring (bicyclic) bond motifs is 1. The van der Waals surface area contributed by atoms with Crippen molar-refractivity contribution in [3.8, 4) is 0 Å². The maximum absolute atomic E-state index is 11.0. The number of carbonyl (C=O) groups is 1. The molecule has 0 amide bonds. The van der Waals surface area contributed by atoms with E-state index in [9.17, 15) is 13.2 Å². The zero-order chi connectivity index (χ0) is 12.6. The van der Waals surface area contributed by atoms with Gasteiger partial charge in [-0.05, 0) is 18.2 Å². The van der Waals surface area contributed by atoms with E-state index in [-0.39, 0.29) is 23.1 Å². The number of aromatic nitrogens is 1. The number of hydrogen-bond acceptors (Lipinski definition) is 5. The van der Waals surface area contributed by atoms with Gasteiger partial charge in [0.05, 0.1) is 16.5 Å². The Morgan fingerprint density at radius 2 is 2.11 bits per heavy atom. The number of carboxylic acid groups (broad SMARTS) is 1. The Morgan fingerprint density at radius 3 is 2.67 bits per heavy atom. The van der Waals surface area contributed by atoms with E-state index in [2.05, 4.69) is 9.71 Å².